The van der Waals surface area contributed by atoms with E-state index in [1.807, 2.05) is 6.07 Å². The van der Waals surface area contributed by atoms with Crippen molar-refractivity contribution in [3.63, 3.8) is 0 Å². The molecule has 0 atom stereocenters. The van der Waals surface area contributed by atoms with E-state index < -0.39 is 0 Å². The van der Waals surface area contributed by atoms with Crippen LogP contribution in [0.25, 0.3) is 11.3 Å². The number of aryl methyl sites for hydroxylation is 2. The second kappa shape index (κ2) is 7.90. The molecule has 1 aromatic heterocycles. The van der Waals surface area contributed by atoms with Gasteiger partial charge in [0.25, 0.3) is 5.56 Å². The Labute approximate surface area is 132 Å². The van der Waals surface area contributed by atoms with Crippen LogP contribution in [0.1, 0.15) is 37.8 Å². The molecule has 2 rings (SSSR count). The van der Waals surface area contributed by atoms with Crippen molar-refractivity contribution in [3.8, 4) is 11.3 Å². The lowest BCUT2D eigenvalue weighted by Crippen LogP contribution is -2.29. The zero-order valence-corrected chi connectivity index (χ0v) is 13.7. The van der Waals surface area contributed by atoms with Crippen LogP contribution in [0.3, 0.4) is 0 Å². The van der Waals surface area contributed by atoms with E-state index in [0.717, 1.165) is 36.2 Å². The first kappa shape index (κ1) is 16.4. The van der Waals surface area contributed by atoms with E-state index >= 15 is 0 Å². The first-order chi connectivity index (χ1) is 10.7. The quantitative estimate of drug-likeness (QED) is 0.799. The largest absolute Gasteiger partial charge is 0.312 e. The summed E-state index contributed by atoms with van der Waals surface area (Å²) in [5.41, 5.74) is 3.93. The maximum absolute atomic E-state index is 12.5. The third-order valence-corrected chi connectivity index (χ3v) is 3.57. The molecule has 0 saturated carbocycles. The molecular weight excluding hydrogens is 274 g/mol. The van der Waals surface area contributed by atoms with Gasteiger partial charge in [-0.15, -0.1) is 0 Å². The van der Waals surface area contributed by atoms with Crippen LogP contribution in [0.4, 0.5) is 0 Å². The number of nitrogens with zero attached hydrogens (tertiary/aromatic N) is 2. The third kappa shape index (κ3) is 4.04. The van der Waals surface area contributed by atoms with E-state index in [-0.39, 0.29) is 5.56 Å². The van der Waals surface area contributed by atoms with Crippen molar-refractivity contribution in [2.24, 2.45) is 0 Å². The first-order valence-electron chi connectivity index (χ1n) is 8.04. The molecule has 1 N–H and O–H groups in total. The minimum absolute atomic E-state index is 0.0151. The summed E-state index contributed by atoms with van der Waals surface area (Å²) in [5, 5.41) is 7.84. The molecule has 0 aliphatic heterocycles. The van der Waals surface area contributed by atoms with Crippen LogP contribution in [0, 0.1) is 6.92 Å². The van der Waals surface area contributed by atoms with Crippen molar-refractivity contribution in [1.29, 1.82) is 0 Å². The van der Waals surface area contributed by atoms with Crippen molar-refractivity contribution < 1.29 is 0 Å². The summed E-state index contributed by atoms with van der Waals surface area (Å²) in [5.74, 6) is 0. The zero-order valence-electron chi connectivity index (χ0n) is 13.7. The lowest BCUT2D eigenvalue weighted by atomic mass is 10.1. The highest BCUT2D eigenvalue weighted by atomic mass is 16.1. The molecule has 2 aromatic rings. The van der Waals surface area contributed by atoms with Crippen molar-refractivity contribution in [2.45, 2.75) is 46.7 Å². The van der Waals surface area contributed by atoms with Gasteiger partial charge in [0.15, 0.2) is 0 Å². The fourth-order valence-corrected chi connectivity index (χ4v) is 2.35. The number of aromatic nitrogens is 2. The summed E-state index contributed by atoms with van der Waals surface area (Å²) in [6, 6.07) is 10.2. The predicted octanol–water partition coefficient (Wildman–Crippen LogP) is 3.13. The van der Waals surface area contributed by atoms with Crippen molar-refractivity contribution in [2.75, 3.05) is 6.54 Å². The normalized spacial score (nSPS) is 10.9. The van der Waals surface area contributed by atoms with Gasteiger partial charge in [0.2, 0.25) is 0 Å². The summed E-state index contributed by atoms with van der Waals surface area (Å²) in [4.78, 5) is 12.5. The molecule has 0 aliphatic carbocycles. The predicted molar refractivity (Wildman–Crippen MR) is 91.0 cm³/mol. The smallest absolute Gasteiger partial charge is 0.271 e. The molecule has 0 aliphatic rings. The minimum atomic E-state index is 0.0151. The molecule has 4 heteroatoms. The molecule has 0 bridgehead atoms. The van der Waals surface area contributed by atoms with Gasteiger partial charge in [0.1, 0.15) is 0 Å². The molecule has 0 spiro atoms. The highest BCUT2D eigenvalue weighted by Crippen LogP contribution is 2.17. The van der Waals surface area contributed by atoms with Crippen LogP contribution in [0.15, 0.2) is 35.1 Å². The monoisotopic (exact) mass is 299 g/mol. The lowest BCUT2D eigenvalue weighted by Gasteiger charge is -2.11. The van der Waals surface area contributed by atoms with Gasteiger partial charge in [-0.1, -0.05) is 43.7 Å². The average molecular weight is 299 g/mol. The average Bonchev–Trinajstić information content (AvgIpc) is 2.52. The van der Waals surface area contributed by atoms with E-state index in [1.165, 1.54) is 5.56 Å². The molecule has 0 fully saturated rings. The van der Waals surface area contributed by atoms with E-state index in [2.05, 4.69) is 55.5 Å². The molecule has 4 nitrogen and oxygen atoms in total. The molecule has 1 heterocycles. The fourth-order valence-electron chi connectivity index (χ4n) is 2.35. The van der Waals surface area contributed by atoms with Gasteiger partial charge in [-0.3, -0.25) is 4.79 Å². The van der Waals surface area contributed by atoms with Crippen LogP contribution in [-0.2, 0) is 13.1 Å². The fraction of sp³-hybridized carbons (Fsp3) is 0.444. The molecule has 22 heavy (non-hydrogen) atoms. The Morgan fingerprint density at radius 3 is 2.50 bits per heavy atom. The highest BCUT2D eigenvalue weighted by Gasteiger charge is 2.09. The Balaban J connectivity index is 2.40. The SMILES string of the molecule is CCCNCc1cc(-c2ccc(C)cc2)nn(CCC)c1=O. The molecule has 118 valence electrons. The minimum Gasteiger partial charge on any atom is -0.312 e. The summed E-state index contributed by atoms with van der Waals surface area (Å²) in [7, 11) is 0. The number of hydrogen-bond donors (Lipinski definition) is 1. The Morgan fingerprint density at radius 1 is 1.14 bits per heavy atom. The number of rotatable bonds is 7. The van der Waals surface area contributed by atoms with Crippen LogP contribution in [0.2, 0.25) is 0 Å². The summed E-state index contributed by atoms with van der Waals surface area (Å²) in [6.45, 7) is 8.40. The number of nitrogens with one attached hydrogen (secondary N) is 1. The Morgan fingerprint density at radius 2 is 1.86 bits per heavy atom. The molecule has 0 saturated heterocycles. The molecule has 1 aromatic carbocycles. The van der Waals surface area contributed by atoms with Gasteiger partial charge in [-0.05, 0) is 32.4 Å². The van der Waals surface area contributed by atoms with E-state index in [1.54, 1.807) is 4.68 Å². The van der Waals surface area contributed by atoms with E-state index in [9.17, 15) is 4.79 Å². The Bertz CT molecular complexity index is 659. The van der Waals surface area contributed by atoms with Crippen molar-refractivity contribution in [1.82, 2.24) is 15.1 Å². The standard InChI is InChI=1S/C18H25N3O/c1-4-10-19-13-16-12-17(15-8-6-14(3)7-9-15)20-21(11-5-2)18(16)22/h6-9,12,19H,4-5,10-11,13H2,1-3H3. The molecular formula is C18H25N3O. The summed E-state index contributed by atoms with van der Waals surface area (Å²) < 4.78 is 1.60. The van der Waals surface area contributed by atoms with Crippen molar-refractivity contribution >= 4 is 0 Å². The van der Waals surface area contributed by atoms with Gasteiger partial charge in [0, 0.05) is 24.2 Å². The molecule has 0 amide bonds. The Hall–Kier alpha value is -1.94. The third-order valence-electron chi connectivity index (χ3n) is 3.57. The van der Waals surface area contributed by atoms with Crippen LogP contribution < -0.4 is 10.9 Å². The lowest BCUT2D eigenvalue weighted by molar-refractivity contribution is 0.557. The van der Waals surface area contributed by atoms with Gasteiger partial charge in [-0.2, -0.15) is 5.10 Å². The van der Waals surface area contributed by atoms with Gasteiger partial charge >= 0.3 is 0 Å². The van der Waals surface area contributed by atoms with Crippen LogP contribution in [-0.4, -0.2) is 16.3 Å². The van der Waals surface area contributed by atoms with Crippen LogP contribution in [0.5, 0.6) is 0 Å². The summed E-state index contributed by atoms with van der Waals surface area (Å²) >= 11 is 0. The Kier molecular flexibility index (Phi) is 5.90. The van der Waals surface area contributed by atoms with Gasteiger partial charge < -0.3 is 5.32 Å². The number of hydrogen-bond acceptors (Lipinski definition) is 3. The molecule has 0 radical (unpaired) electrons. The number of benzene rings is 1. The van der Waals surface area contributed by atoms with Gasteiger partial charge in [-0.25, -0.2) is 4.68 Å². The maximum atomic E-state index is 12.5. The highest BCUT2D eigenvalue weighted by molar-refractivity contribution is 5.59. The second-order valence-corrected chi connectivity index (χ2v) is 5.63. The van der Waals surface area contributed by atoms with E-state index in [0.29, 0.717) is 13.1 Å². The van der Waals surface area contributed by atoms with E-state index in [4.69, 9.17) is 0 Å². The van der Waals surface area contributed by atoms with Crippen LogP contribution >= 0.6 is 0 Å². The second-order valence-electron chi connectivity index (χ2n) is 5.63. The van der Waals surface area contributed by atoms with Crippen molar-refractivity contribution in [3.05, 3.63) is 51.8 Å². The topological polar surface area (TPSA) is 46.9 Å². The summed E-state index contributed by atoms with van der Waals surface area (Å²) in [6.07, 6.45) is 1.95. The molecule has 0 unspecified atom stereocenters. The zero-order chi connectivity index (χ0) is 15.9. The first-order valence-corrected chi connectivity index (χ1v) is 8.04. The maximum Gasteiger partial charge on any atom is 0.271 e. The van der Waals surface area contributed by atoms with Gasteiger partial charge in [0.05, 0.1) is 5.69 Å².